The summed E-state index contributed by atoms with van der Waals surface area (Å²) in [5.41, 5.74) is 0. The van der Waals surface area contributed by atoms with Crippen molar-refractivity contribution in [1.29, 1.82) is 0 Å². The van der Waals surface area contributed by atoms with Crippen molar-refractivity contribution in [2.45, 2.75) is 72.3 Å². The fourth-order valence-corrected chi connectivity index (χ4v) is 3.34. The Morgan fingerprint density at radius 3 is 2.29 bits per heavy atom. The molecular weight excluding hydrogens is 266 g/mol. The van der Waals surface area contributed by atoms with Gasteiger partial charge in [0.25, 0.3) is 0 Å². The van der Waals surface area contributed by atoms with Crippen LogP contribution < -0.4 is 0 Å². The molecule has 0 spiro atoms. The van der Waals surface area contributed by atoms with E-state index in [0.717, 1.165) is 45.1 Å². The first-order valence-electron chi connectivity index (χ1n) is 8.43. The van der Waals surface area contributed by atoms with Gasteiger partial charge in [-0.15, -0.1) is 0 Å². The summed E-state index contributed by atoms with van der Waals surface area (Å²) in [4.78, 5) is 25.7. The molecule has 1 fully saturated rings. The van der Waals surface area contributed by atoms with Crippen LogP contribution in [0.25, 0.3) is 0 Å². The number of rotatable bonds is 7. The molecule has 0 radical (unpaired) electrons. The second-order valence-corrected chi connectivity index (χ2v) is 6.32. The first kappa shape index (κ1) is 18.0. The number of hydrogen-bond donors (Lipinski definition) is 0. The molecule has 1 saturated carbocycles. The largest absolute Gasteiger partial charge is 0.466 e. The van der Waals surface area contributed by atoms with E-state index in [0.29, 0.717) is 18.6 Å². The maximum atomic E-state index is 11.9. The van der Waals surface area contributed by atoms with E-state index in [1.165, 1.54) is 0 Å². The molecule has 1 aliphatic carbocycles. The van der Waals surface area contributed by atoms with Crippen molar-refractivity contribution in [3.05, 3.63) is 0 Å². The molecule has 4 nitrogen and oxygen atoms in total. The summed E-state index contributed by atoms with van der Waals surface area (Å²) in [6, 6.07) is 0.299. The van der Waals surface area contributed by atoms with Crippen molar-refractivity contribution in [2.24, 2.45) is 11.8 Å². The van der Waals surface area contributed by atoms with Crippen LogP contribution in [0, 0.1) is 11.8 Å². The lowest BCUT2D eigenvalue weighted by Gasteiger charge is -2.37. The Morgan fingerprint density at radius 1 is 1.19 bits per heavy atom. The van der Waals surface area contributed by atoms with Gasteiger partial charge in [0, 0.05) is 19.5 Å². The van der Waals surface area contributed by atoms with Crippen LogP contribution in [0.5, 0.6) is 0 Å². The third-order valence-electron chi connectivity index (χ3n) is 4.45. The third kappa shape index (κ3) is 5.68. The Morgan fingerprint density at radius 2 is 1.81 bits per heavy atom. The second kappa shape index (κ2) is 9.06. The van der Waals surface area contributed by atoms with Gasteiger partial charge in [0.2, 0.25) is 5.91 Å². The molecule has 0 N–H and O–H groups in total. The average molecular weight is 297 g/mol. The SMILES string of the molecule is CCCC(C)CN(C(C)=O)C1CCC(C(=O)OCC)CC1. The summed E-state index contributed by atoms with van der Waals surface area (Å²) in [7, 11) is 0. The predicted molar refractivity (Wildman–Crippen MR) is 83.8 cm³/mol. The second-order valence-electron chi connectivity index (χ2n) is 6.32. The summed E-state index contributed by atoms with van der Waals surface area (Å²) in [6.07, 6.45) is 5.83. The molecule has 1 atom stereocenters. The van der Waals surface area contributed by atoms with E-state index < -0.39 is 0 Å². The molecule has 0 heterocycles. The fraction of sp³-hybridized carbons (Fsp3) is 0.882. The normalized spacial score (nSPS) is 23.4. The Kier molecular flexibility index (Phi) is 7.76. The molecule has 1 aliphatic rings. The van der Waals surface area contributed by atoms with Crippen LogP contribution in [0.3, 0.4) is 0 Å². The molecule has 0 aromatic heterocycles. The van der Waals surface area contributed by atoms with E-state index in [4.69, 9.17) is 4.74 Å². The number of amides is 1. The van der Waals surface area contributed by atoms with E-state index in [2.05, 4.69) is 13.8 Å². The van der Waals surface area contributed by atoms with Crippen LogP contribution in [0.15, 0.2) is 0 Å². The van der Waals surface area contributed by atoms with Gasteiger partial charge in [-0.05, 0) is 44.9 Å². The van der Waals surface area contributed by atoms with Gasteiger partial charge in [-0.1, -0.05) is 20.3 Å². The molecule has 1 rings (SSSR count). The molecular formula is C17H31NO3. The van der Waals surface area contributed by atoms with Crippen LogP contribution in [0.1, 0.15) is 66.2 Å². The molecule has 0 bridgehead atoms. The molecule has 0 aromatic carbocycles. The van der Waals surface area contributed by atoms with Gasteiger partial charge in [0.05, 0.1) is 12.5 Å². The number of carbonyl (C=O) groups is 2. The minimum absolute atomic E-state index is 0.0306. The highest BCUT2D eigenvalue weighted by atomic mass is 16.5. The van der Waals surface area contributed by atoms with Crippen LogP contribution >= 0.6 is 0 Å². The topological polar surface area (TPSA) is 46.6 Å². The predicted octanol–water partition coefficient (Wildman–Crippen LogP) is 3.39. The highest BCUT2D eigenvalue weighted by Gasteiger charge is 2.31. The molecule has 1 amide bonds. The minimum Gasteiger partial charge on any atom is -0.466 e. The molecule has 0 saturated heterocycles. The number of carbonyl (C=O) groups excluding carboxylic acids is 2. The van der Waals surface area contributed by atoms with Crippen LogP contribution in [-0.4, -0.2) is 36.0 Å². The summed E-state index contributed by atoms with van der Waals surface area (Å²) in [5, 5.41) is 0. The van der Waals surface area contributed by atoms with Gasteiger partial charge in [-0.2, -0.15) is 0 Å². The summed E-state index contributed by atoms with van der Waals surface area (Å²) in [5.74, 6) is 0.673. The molecule has 122 valence electrons. The molecule has 1 unspecified atom stereocenters. The lowest BCUT2D eigenvalue weighted by molar-refractivity contribution is -0.149. The molecule has 4 heteroatoms. The fourth-order valence-electron chi connectivity index (χ4n) is 3.34. The highest BCUT2D eigenvalue weighted by molar-refractivity contribution is 5.74. The van der Waals surface area contributed by atoms with Gasteiger partial charge < -0.3 is 9.64 Å². The van der Waals surface area contributed by atoms with Crippen molar-refractivity contribution in [3.63, 3.8) is 0 Å². The smallest absolute Gasteiger partial charge is 0.308 e. The Hall–Kier alpha value is -1.06. The van der Waals surface area contributed by atoms with Crippen molar-refractivity contribution >= 4 is 11.9 Å². The maximum absolute atomic E-state index is 11.9. The van der Waals surface area contributed by atoms with Gasteiger partial charge >= 0.3 is 5.97 Å². The number of hydrogen-bond acceptors (Lipinski definition) is 3. The molecule has 0 aliphatic heterocycles. The van der Waals surface area contributed by atoms with Crippen molar-refractivity contribution in [3.8, 4) is 0 Å². The lowest BCUT2D eigenvalue weighted by Crippen LogP contribution is -2.44. The lowest BCUT2D eigenvalue weighted by atomic mass is 9.85. The average Bonchev–Trinajstić information content (AvgIpc) is 2.45. The Balaban J connectivity index is 2.52. The zero-order valence-corrected chi connectivity index (χ0v) is 14.1. The van der Waals surface area contributed by atoms with Gasteiger partial charge in [-0.25, -0.2) is 0 Å². The number of esters is 1. The van der Waals surface area contributed by atoms with E-state index >= 15 is 0 Å². The van der Waals surface area contributed by atoms with Gasteiger partial charge in [0.1, 0.15) is 0 Å². The highest BCUT2D eigenvalue weighted by Crippen LogP contribution is 2.29. The van der Waals surface area contributed by atoms with Crippen LogP contribution in [-0.2, 0) is 14.3 Å². The number of ether oxygens (including phenoxy) is 1. The molecule has 21 heavy (non-hydrogen) atoms. The Labute approximate surface area is 129 Å². The summed E-state index contributed by atoms with van der Waals surface area (Å²) in [6.45, 7) is 9.19. The summed E-state index contributed by atoms with van der Waals surface area (Å²) >= 11 is 0. The maximum Gasteiger partial charge on any atom is 0.308 e. The quantitative estimate of drug-likeness (QED) is 0.677. The minimum atomic E-state index is -0.0651. The number of nitrogens with zero attached hydrogens (tertiary/aromatic N) is 1. The third-order valence-corrected chi connectivity index (χ3v) is 4.45. The summed E-state index contributed by atoms with van der Waals surface area (Å²) < 4.78 is 5.10. The molecule has 0 aromatic rings. The van der Waals surface area contributed by atoms with Crippen LogP contribution in [0.2, 0.25) is 0 Å². The van der Waals surface area contributed by atoms with Gasteiger partial charge in [0.15, 0.2) is 0 Å². The Bertz CT molecular complexity index is 335. The zero-order chi connectivity index (χ0) is 15.8. The van der Waals surface area contributed by atoms with Crippen molar-refractivity contribution in [1.82, 2.24) is 4.90 Å². The first-order chi connectivity index (χ1) is 9.99. The van der Waals surface area contributed by atoms with E-state index in [1.54, 1.807) is 6.92 Å². The monoisotopic (exact) mass is 297 g/mol. The van der Waals surface area contributed by atoms with E-state index in [9.17, 15) is 9.59 Å². The standard InChI is InChI=1S/C17H31NO3/c1-5-7-13(3)12-18(14(4)19)16-10-8-15(9-11-16)17(20)21-6-2/h13,15-16H,5-12H2,1-4H3. The van der Waals surface area contributed by atoms with Crippen molar-refractivity contribution < 1.29 is 14.3 Å². The van der Waals surface area contributed by atoms with E-state index in [-0.39, 0.29) is 17.8 Å². The van der Waals surface area contributed by atoms with Gasteiger partial charge in [-0.3, -0.25) is 9.59 Å². The zero-order valence-electron chi connectivity index (χ0n) is 14.1. The first-order valence-corrected chi connectivity index (χ1v) is 8.43. The van der Waals surface area contributed by atoms with E-state index in [1.807, 2.05) is 11.8 Å². The van der Waals surface area contributed by atoms with Crippen LogP contribution in [0.4, 0.5) is 0 Å². The van der Waals surface area contributed by atoms with Crippen molar-refractivity contribution in [2.75, 3.05) is 13.2 Å².